The fourth-order valence-electron chi connectivity index (χ4n) is 3.84. The van der Waals surface area contributed by atoms with Crippen LogP contribution in [-0.4, -0.2) is 8.40 Å². The highest BCUT2D eigenvalue weighted by atomic mass is 32.1. The van der Waals surface area contributed by atoms with Crippen LogP contribution < -0.4 is 5.63 Å². The third-order valence-electron chi connectivity index (χ3n) is 4.83. The van der Waals surface area contributed by atoms with Gasteiger partial charge < -0.3 is 4.42 Å². The molecule has 3 aromatic heterocycles. The van der Waals surface area contributed by atoms with Gasteiger partial charge in [-0.1, -0.05) is 17.8 Å². The molecule has 5 rings (SSSR count). The second kappa shape index (κ2) is 5.10. The largest absolute Gasteiger partial charge is 0.422 e. The summed E-state index contributed by atoms with van der Waals surface area (Å²) in [4.78, 5) is 15.2. The van der Waals surface area contributed by atoms with Crippen molar-refractivity contribution in [3.05, 3.63) is 68.5 Å². The van der Waals surface area contributed by atoms with E-state index in [0.29, 0.717) is 5.39 Å². The van der Waals surface area contributed by atoms with Crippen LogP contribution in [0.15, 0.2) is 51.3 Å². The van der Waals surface area contributed by atoms with Crippen LogP contribution >= 0.6 is 11.3 Å². The van der Waals surface area contributed by atoms with Crippen molar-refractivity contribution < 1.29 is 4.42 Å². The minimum absolute atomic E-state index is 0.236. The predicted molar refractivity (Wildman–Crippen MR) is 108 cm³/mol. The molecule has 25 heavy (non-hydrogen) atoms. The molecule has 0 aliphatic carbocycles. The average Bonchev–Trinajstić information content (AvgIpc) is 2.98. The molecule has 0 atom stereocenters. The smallest absolute Gasteiger partial charge is 0.344 e. The van der Waals surface area contributed by atoms with Gasteiger partial charge in [-0.3, -0.25) is 0 Å². The number of hydrogen-bond acceptors (Lipinski definition) is 3. The summed E-state index contributed by atoms with van der Waals surface area (Å²) < 4.78 is 7.15. The van der Waals surface area contributed by atoms with Gasteiger partial charge in [-0.25, -0.2) is 4.79 Å². The highest BCUT2D eigenvalue weighted by Gasteiger charge is 2.18. The maximum Gasteiger partial charge on any atom is 0.344 e. The Kier molecular flexibility index (Phi) is 3.06. The molecule has 0 radical (unpaired) electrons. The Labute approximate surface area is 150 Å². The van der Waals surface area contributed by atoms with Gasteiger partial charge in [0.15, 0.2) is 0 Å². The van der Waals surface area contributed by atoms with Crippen LogP contribution in [0.25, 0.3) is 36.6 Å². The molecule has 0 aliphatic heterocycles. The molecule has 0 aliphatic rings. The van der Waals surface area contributed by atoms with Gasteiger partial charge in [-0.05, 0) is 66.5 Å². The molecule has 0 amide bonds. The maximum absolute atomic E-state index is 12.5. The van der Waals surface area contributed by atoms with E-state index >= 15 is 0 Å². The van der Waals surface area contributed by atoms with Gasteiger partial charge in [0, 0.05) is 20.2 Å². The normalized spacial score (nSPS) is 12.0. The summed E-state index contributed by atoms with van der Waals surface area (Å²) in [5.74, 6) is 0. The van der Waals surface area contributed by atoms with E-state index in [1.165, 1.54) is 19.8 Å². The standard InChI is InChI=1S/C21H16O2SSi/c1-11-6-14-10-25(18-5-4-13(3)24-18)17-9-12(2)8-16-20(17)19(14)15(7-11)21(22)23-16/h4-10H,1-3H3. The van der Waals surface area contributed by atoms with Crippen molar-refractivity contribution >= 4 is 51.9 Å². The van der Waals surface area contributed by atoms with Crippen molar-refractivity contribution in [2.24, 2.45) is 0 Å². The van der Waals surface area contributed by atoms with Gasteiger partial charge in [-0.2, -0.15) is 0 Å². The van der Waals surface area contributed by atoms with E-state index in [4.69, 9.17) is 4.42 Å². The zero-order valence-corrected chi connectivity index (χ0v) is 16.1. The van der Waals surface area contributed by atoms with Crippen molar-refractivity contribution in [2.75, 3.05) is 0 Å². The summed E-state index contributed by atoms with van der Waals surface area (Å²) in [5.41, 5.74) is 5.14. The SMILES string of the molecule is Cc1cc2c[si](-c3ccc(C)s3)c3cc(C)cc4oc(=O)c(c1)c2c43. The number of thiophene rings is 1. The van der Waals surface area contributed by atoms with E-state index in [-0.39, 0.29) is 5.63 Å². The monoisotopic (exact) mass is 360 g/mol. The van der Waals surface area contributed by atoms with Crippen molar-refractivity contribution in [2.45, 2.75) is 20.8 Å². The Morgan fingerprint density at radius 1 is 0.960 bits per heavy atom. The molecule has 3 heterocycles. The summed E-state index contributed by atoms with van der Waals surface area (Å²) in [6.07, 6.45) is 0. The van der Waals surface area contributed by atoms with E-state index in [1.807, 2.05) is 30.4 Å². The van der Waals surface area contributed by atoms with Crippen LogP contribution in [0, 0.1) is 20.8 Å². The quantitative estimate of drug-likeness (QED) is 0.223. The first-order valence-corrected chi connectivity index (χ1v) is 10.7. The van der Waals surface area contributed by atoms with E-state index < -0.39 is 8.40 Å². The van der Waals surface area contributed by atoms with Gasteiger partial charge in [0.1, 0.15) is 5.58 Å². The molecule has 2 aromatic carbocycles. The maximum atomic E-state index is 12.5. The van der Waals surface area contributed by atoms with E-state index in [9.17, 15) is 4.79 Å². The molecule has 0 saturated carbocycles. The lowest BCUT2D eigenvalue weighted by molar-refractivity contribution is 0.570. The Bertz CT molecular complexity index is 1340. The molecule has 0 N–H and O–H groups in total. The van der Waals surface area contributed by atoms with E-state index in [1.54, 1.807) is 0 Å². The molecule has 0 saturated heterocycles. The van der Waals surface area contributed by atoms with Crippen molar-refractivity contribution in [1.29, 1.82) is 0 Å². The molecular weight excluding hydrogens is 344 g/mol. The van der Waals surface area contributed by atoms with Crippen LogP contribution in [0.2, 0.25) is 0 Å². The molecular formula is C21H16O2SSi. The Balaban J connectivity index is 2.11. The van der Waals surface area contributed by atoms with Gasteiger partial charge >= 0.3 is 5.63 Å². The van der Waals surface area contributed by atoms with Crippen molar-refractivity contribution in [1.82, 2.24) is 0 Å². The predicted octanol–water partition coefficient (Wildman–Crippen LogP) is 5.54. The minimum Gasteiger partial charge on any atom is -0.422 e. The summed E-state index contributed by atoms with van der Waals surface area (Å²) >= 11 is 1.88. The first-order chi connectivity index (χ1) is 12.0. The number of benzene rings is 2. The third-order valence-corrected chi connectivity index (χ3v) is 8.88. The number of hydrogen-bond donors (Lipinski definition) is 0. The minimum atomic E-state index is -1.03. The average molecular weight is 361 g/mol. The second-order valence-electron chi connectivity index (χ2n) is 6.82. The zero-order valence-electron chi connectivity index (χ0n) is 14.3. The lowest BCUT2D eigenvalue weighted by Crippen LogP contribution is -2.05. The van der Waals surface area contributed by atoms with Crippen LogP contribution in [0.4, 0.5) is 0 Å². The second-order valence-corrected chi connectivity index (χ2v) is 10.7. The Hall–Kier alpha value is -2.30. The molecule has 4 heteroatoms. The summed E-state index contributed by atoms with van der Waals surface area (Å²) in [5, 5.41) is 4.09. The van der Waals surface area contributed by atoms with Gasteiger partial charge in [0.2, 0.25) is 0 Å². The van der Waals surface area contributed by atoms with Crippen LogP contribution in [0.3, 0.4) is 0 Å². The lowest BCUT2D eigenvalue weighted by Gasteiger charge is -2.14. The fourth-order valence-corrected chi connectivity index (χ4v) is 8.16. The topological polar surface area (TPSA) is 30.2 Å². The van der Waals surface area contributed by atoms with E-state index in [2.05, 4.69) is 43.8 Å². The van der Waals surface area contributed by atoms with E-state index in [0.717, 1.165) is 27.5 Å². The molecule has 0 unspecified atom stereocenters. The fraction of sp³-hybridized carbons (Fsp3) is 0.143. The highest BCUT2D eigenvalue weighted by Crippen LogP contribution is 2.36. The van der Waals surface area contributed by atoms with Crippen LogP contribution in [0.5, 0.6) is 0 Å². The molecule has 0 spiro atoms. The number of rotatable bonds is 1. The van der Waals surface area contributed by atoms with Crippen LogP contribution in [0.1, 0.15) is 16.0 Å². The summed E-state index contributed by atoms with van der Waals surface area (Å²) in [6.45, 7) is 6.27. The first kappa shape index (κ1) is 15.0. The van der Waals surface area contributed by atoms with Crippen molar-refractivity contribution in [3.63, 3.8) is 0 Å². The Morgan fingerprint density at radius 2 is 1.76 bits per heavy atom. The summed E-state index contributed by atoms with van der Waals surface area (Å²) in [7, 11) is -1.03. The molecule has 2 nitrogen and oxygen atoms in total. The van der Waals surface area contributed by atoms with Gasteiger partial charge in [-0.15, -0.1) is 11.3 Å². The van der Waals surface area contributed by atoms with Crippen LogP contribution in [-0.2, 0) is 0 Å². The number of aryl methyl sites for hydroxylation is 3. The van der Waals surface area contributed by atoms with Crippen molar-refractivity contribution in [3.8, 4) is 4.50 Å². The highest BCUT2D eigenvalue weighted by molar-refractivity contribution is 7.22. The lowest BCUT2D eigenvalue weighted by atomic mass is 10.0. The zero-order chi connectivity index (χ0) is 17.3. The molecule has 122 valence electrons. The Morgan fingerprint density at radius 3 is 2.52 bits per heavy atom. The summed E-state index contributed by atoms with van der Waals surface area (Å²) in [6, 6.07) is 12.9. The van der Waals surface area contributed by atoms with Gasteiger partial charge in [0.25, 0.3) is 0 Å². The molecule has 0 fully saturated rings. The first-order valence-electron chi connectivity index (χ1n) is 8.32. The third kappa shape index (κ3) is 2.14. The molecule has 0 bridgehead atoms. The molecule has 5 aromatic rings. The van der Waals surface area contributed by atoms with Gasteiger partial charge in [0.05, 0.1) is 13.8 Å².